The molecule has 1 saturated heterocycles. The number of anilines is 1. The molecular formula is C16H20ClFN4O2S. The molecule has 6 nitrogen and oxygen atoms in total. The van der Waals surface area contributed by atoms with Gasteiger partial charge < -0.3 is 15.4 Å². The molecule has 1 aliphatic heterocycles. The number of piperazine rings is 1. The van der Waals surface area contributed by atoms with Crippen LogP contribution in [0.15, 0.2) is 30.5 Å². The van der Waals surface area contributed by atoms with Crippen molar-refractivity contribution in [3.8, 4) is 5.75 Å². The van der Waals surface area contributed by atoms with Crippen LogP contribution in [0.25, 0.3) is 0 Å². The van der Waals surface area contributed by atoms with Gasteiger partial charge >= 0.3 is 0 Å². The highest BCUT2D eigenvalue weighted by molar-refractivity contribution is 7.15. The smallest absolute Gasteiger partial charge is 0.260 e. The molecule has 1 aromatic heterocycles. The minimum atomic E-state index is -0.326. The maximum absolute atomic E-state index is 12.8. The van der Waals surface area contributed by atoms with E-state index in [0.29, 0.717) is 24.0 Å². The van der Waals surface area contributed by atoms with E-state index in [2.05, 4.69) is 9.88 Å². The van der Waals surface area contributed by atoms with Crippen molar-refractivity contribution in [1.29, 1.82) is 0 Å². The number of thiazole rings is 1. The number of nitrogens with two attached hydrogens (primary N) is 1. The number of carbonyl (C=O) groups is 1. The Morgan fingerprint density at radius 1 is 1.24 bits per heavy atom. The number of benzene rings is 1. The highest BCUT2D eigenvalue weighted by atomic mass is 35.5. The van der Waals surface area contributed by atoms with Crippen LogP contribution in [0, 0.1) is 5.82 Å². The fourth-order valence-corrected chi connectivity index (χ4v) is 3.27. The number of ether oxygens (including phenoxy) is 1. The zero-order valence-corrected chi connectivity index (χ0v) is 15.2. The third-order valence-electron chi connectivity index (χ3n) is 3.85. The van der Waals surface area contributed by atoms with Crippen molar-refractivity contribution in [3.63, 3.8) is 0 Å². The second-order valence-electron chi connectivity index (χ2n) is 5.56. The summed E-state index contributed by atoms with van der Waals surface area (Å²) in [6, 6.07) is 5.65. The van der Waals surface area contributed by atoms with Crippen molar-refractivity contribution in [2.45, 2.75) is 6.54 Å². The standard InChI is InChI=1S/C16H19FN4O2S.ClH/c17-12-1-3-13(4-2-12)23-11-15(22)21-7-5-20(6-8-21)10-14-9-19-16(18)24-14;/h1-4,9H,5-8,10-11H2,(H2,18,19);1H. The second-order valence-corrected chi connectivity index (χ2v) is 6.71. The number of aromatic nitrogens is 1. The fourth-order valence-electron chi connectivity index (χ4n) is 2.54. The molecule has 0 atom stereocenters. The van der Waals surface area contributed by atoms with Gasteiger partial charge in [-0.25, -0.2) is 9.37 Å². The van der Waals surface area contributed by atoms with Crippen LogP contribution in [-0.4, -0.2) is 53.5 Å². The number of hydrogen-bond donors (Lipinski definition) is 1. The maximum Gasteiger partial charge on any atom is 0.260 e. The zero-order chi connectivity index (χ0) is 16.9. The number of carbonyl (C=O) groups excluding carboxylic acids is 1. The first-order valence-corrected chi connectivity index (χ1v) is 8.50. The molecule has 1 aromatic carbocycles. The van der Waals surface area contributed by atoms with Crippen LogP contribution in [0.1, 0.15) is 4.88 Å². The van der Waals surface area contributed by atoms with E-state index in [9.17, 15) is 9.18 Å². The van der Waals surface area contributed by atoms with Crippen LogP contribution in [0.3, 0.4) is 0 Å². The summed E-state index contributed by atoms with van der Waals surface area (Å²) in [6.07, 6.45) is 1.80. The van der Waals surface area contributed by atoms with E-state index in [1.807, 2.05) is 0 Å². The predicted molar refractivity (Wildman–Crippen MR) is 97.5 cm³/mol. The molecule has 136 valence electrons. The average Bonchev–Trinajstić information content (AvgIpc) is 2.99. The Bertz CT molecular complexity index is 690. The quantitative estimate of drug-likeness (QED) is 0.851. The monoisotopic (exact) mass is 386 g/mol. The number of rotatable bonds is 5. The lowest BCUT2D eigenvalue weighted by atomic mass is 10.3. The number of hydrogen-bond acceptors (Lipinski definition) is 6. The molecule has 0 saturated carbocycles. The molecule has 2 N–H and O–H groups in total. The lowest BCUT2D eigenvalue weighted by molar-refractivity contribution is -0.135. The summed E-state index contributed by atoms with van der Waals surface area (Å²) in [5.41, 5.74) is 5.64. The second kappa shape index (κ2) is 8.98. The number of amides is 1. The molecule has 0 aliphatic carbocycles. The Kier molecular flexibility index (Phi) is 6.98. The Morgan fingerprint density at radius 2 is 1.92 bits per heavy atom. The van der Waals surface area contributed by atoms with Gasteiger partial charge in [-0.15, -0.1) is 23.7 Å². The Hall–Kier alpha value is -1.90. The van der Waals surface area contributed by atoms with E-state index in [1.165, 1.54) is 35.6 Å². The molecule has 1 aliphatic rings. The molecule has 2 aromatic rings. The van der Waals surface area contributed by atoms with Gasteiger partial charge in [-0.3, -0.25) is 9.69 Å². The SMILES string of the molecule is Cl.Nc1ncc(CN2CCN(C(=O)COc3ccc(F)cc3)CC2)s1. The van der Waals surface area contributed by atoms with E-state index < -0.39 is 0 Å². The van der Waals surface area contributed by atoms with Crippen molar-refractivity contribution in [2.75, 3.05) is 38.5 Å². The first-order chi connectivity index (χ1) is 11.6. The van der Waals surface area contributed by atoms with Gasteiger partial charge in [0, 0.05) is 43.8 Å². The highest BCUT2D eigenvalue weighted by Gasteiger charge is 2.21. The molecule has 0 bridgehead atoms. The molecule has 25 heavy (non-hydrogen) atoms. The van der Waals surface area contributed by atoms with Gasteiger partial charge in [0.1, 0.15) is 11.6 Å². The van der Waals surface area contributed by atoms with Gasteiger partial charge in [0.25, 0.3) is 5.91 Å². The minimum Gasteiger partial charge on any atom is -0.484 e. The maximum atomic E-state index is 12.8. The summed E-state index contributed by atoms with van der Waals surface area (Å²) < 4.78 is 18.2. The molecule has 0 radical (unpaired) electrons. The number of nitrogens with zero attached hydrogens (tertiary/aromatic N) is 3. The van der Waals surface area contributed by atoms with Crippen molar-refractivity contribution in [2.24, 2.45) is 0 Å². The van der Waals surface area contributed by atoms with Crippen LogP contribution in [-0.2, 0) is 11.3 Å². The third kappa shape index (κ3) is 5.55. The average molecular weight is 387 g/mol. The minimum absolute atomic E-state index is 0. The first kappa shape index (κ1) is 19.4. The van der Waals surface area contributed by atoms with Crippen molar-refractivity contribution in [1.82, 2.24) is 14.8 Å². The van der Waals surface area contributed by atoms with Crippen molar-refractivity contribution in [3.05, 3.63) is 41.2 Å². The molecule has 1 amide bonds. The summed E-state index contributed by atoms with van der Waals surface area (Å²) in [5.74, 6) is 0.111. The summed E-state index contributed by atoms with van der Waals surface area (Å²) in [6.45, 7) is 3.72. The molecule has 0 unspecified atom stereocenters. The van der Waals surface area contributed by atoms with E-state index in [-0.39, 0.29) is 30.7 Å². The van der Waals surface area contributed by atoms with Gasteiger partial charge in [0.05, 0.1) is 0 Å². The zero-order valence-electron chi connectivity index (χ0n) is 13.6. The van der Waals surface area contributed by atoms with Crippen molar-refractivity contribution >= 4 is 34.8 Å². The Balaban J connectivity index is 0.00000225. The third-order valence-corrected chi connectivity index (χ3v) is 4.66. The largest absolute Gasteiger partial charge is 0.484 e. The lowest BCUT2D eigenvalue weighted by Gasteiger charge is -2.34. The van der Waals surface area contributed by atoms with E-state index in [0.717, 1.165) is 24.5 Å². The van der Waals surface area contributed by atoms with E-state index in [1.54, 1.807) is 11.1 Å². The van der Waals surface area contributed by atoms with Crippen LogP contribution in [0.2, 0.25) is 0 Å². The van der Waals surface area contributed by atoms with Crippen LogP contribution in [0.4, 0.5) is 9.52 Å². The molecule has 3 rings (SSSR count). The number of halogens is 2. The van der Waals surface area contributed by atoms with E-state index >= 15 is 0 Å². The first-order valence-electron chi connectivity index (χ1n) is 7.69. The summed E-state index contributed by atoms with van der Waals surface area (Å²) in [5, 5.41) is 0.580. The topological polar surface area (TPSA) is 71.7 Å². The van der Waals surface area contributed by atoms with Gasteiger partial charge in [0.2, 0.25) is 0 Å². The van der Waals surface area contributed by atoms with Crippen LogP contribution >= 0.6 is 23.7 Å². The Morgan fingerprint density at radius 3 is 2.52 bits per heavy atom. The molecule has 1 fully saturated rings. The predicted octanol–water partition coefficient (Wildman–Crippen LogP) is 2.01. The van der Waals surface area contributed by atoms with Gasteiger partial charge in [-0.2, -0.15) is 0 Å². The lowest BCUT2D eigenvalue weighted by Crippen LogP contribution is -2.49. The normalized spacial score (nSPS) is 14.8. The van der Waals surface area contributed by atoms with Gasteiger partial charge in [-0.1, -0.05) is 0 Å². The molecule has 0 spiro atoms. The Labute approximate surface area is 155 Å². The number of nitrogen functional groups attached to an aromatic ring is 1. The van der Waals surface area contributed by atoms with E-state index in [4.69, 9.17) is 10.5 Å². The summed E-state index contributed by atoms with van der Waals surface area (Å²) in [7, 11) is 0. The summed E-state index contributed by atoms with van der Waals surface area (Å²) in [4.78, 5) is 21.4. The van der Waals surface area contributed by atoms with Gasteiger partial charge in [0.15, 0.2) is 11.7 Å². The molecule has 2 heterocycles. The van der Waals surface area contributed by atoms with Crippen LogP contribution < -0.4 is 10.5 Å². The highest BCUT2D eigenvalue weighted by Crippen LogP contribution is 2.17. The van der Waals surface area contributed by atoms with Gasteiger partial charge in [-0.05, 0) is 24.3 Å². The van der Waals surface area contributed by atoms with Crippen LogP contribution in [0.5, 0.6) is 5.75 Å². The molecular weight excluding hydrogens is 367 g/mol. The van der Waals surface area contributed by atoms with Crippen molar-refractivity contribution < 1.29 is 13.9 Å². The molecule has 9 heteroatoms. The fraction of sp³-hybridized carbons (Fsp3) is 0.375. The summed E-state index contributed by atoms with van der Waals surface area (Å²) >= 11 is 1.49.